The number of rotatable bonds is 2. The molecule has 2 aliphatic heterocycles. The Morgan fingerprint density at radius 1 is 1.12 bits per heavy atom. The van der Waals surface area contributed by atoms with Crippen molar-refractivity contribution in [1.82, 2.24) is 9.88 Å². The molecule has 2 unspecified atom stereocenters. The first-order chi connectivity index (χ1) is 12.6. The second-order valence-corrected chi connectivity index (χ2v) is 9.35. The van der Waals surface area contributed by atoms with Gasteiger partial charge in [-0.25, -0.2) is 4.98 Å². The first kappa shape index (κ1) is 16.7. The molecule has 4 heteroatoms. The van der Waals surface area contributed by atoms with E-state index in [1.165, 1.54) is 40.1 Å². The zero-order chi connectivity index (χ0) is 17.8. The predicted octanol–water partition coefficient (Wildman–Crippen LogP) is 5.99. The number of likely N-dealkylation sites (N-methyl/N-ethyl adjacent to an activating group) is 1. The molecule has 2 bridgehead atoms. The van der Waals surface area contributed by atoms with E-state index in [0.717, 1.165) is 10.5 Å². The summed E-state index contributed by atoms with van der Waals surface area (Å²) in [6.45, 7) is 2.16. The molecule has 4 atom stereocenters. The molecule has 26 heavy (non-hydrogen) atoms. The summed E-state index contributed by atoms with van der Waals surface area (Å²) >= 11 is 8.26. The van der Waals surface area contributed by atoms with E-state index in [1.54, 1.807) is 0 Å². The van der Waals surface area contributed by atoms with Gasteiger partial charge < -0.3 is 0 Å². The molecule has 2 fully saturated rings. The van der Waals surface area contributed by atoms with Crippen molar-refractivity contribution >= 4 is 33.2 Å². The summed E-state index contributed by atoms with van der Waals surface area (Å²) in [4.78, 5) is 7.65. The summed E-state index contributed by atoms with van der Waals surface area (Å²) in [7, 11) is 2.31. The van der Waals surface area contributed by atoms with Gasteiger partial charge in [0.15, 0.2) is 0 Å². The van der Waals surface area contributed by atoms with Crippen LogP contribution in [0.3, 0.4) is 0 Å². The molecule has 2 saturated heterocycles. The zero-order valence-electron chi connectivity index (χ0n) is 15.2. The van der Waals surface area contributed by atoms with Crippen molar-refractivity contribution in [2.24, 2.45) is 0 Å². The minimum absolute atomic E-state index is 0.454. The third-order valence-electron chi connectivity index (χ3n) is 6.45. The van der Waals surface area contributed by atoms with E-state index in [0.29, 0.717) is 23.9 Å². The van der Waals surface area contributed by atoms with Crippen LogP contribution in [0, 0.1) is 6.92 Å². The molecule has 1 aromatic heterocycles. The van der Waals surface area contributed by atoms with Crippen LogP contribution < -0.4 is 0 Å². The largest absolute Gasteiger partial charge is 0.300 e. The van der Waals surface area contributed by atoms with Gasteiger partial charge >= 0.3 is 0 Å². The van der Waals surface area contributed by atoms with Gasteiger partial charge in [-0.1, -0.05) is 47.5 Å². The SMILES string of the molecule is Cc1ccc(C2C[C@H]3CCC([C@H]2c2nc4c(Cl)cccc4s2)N3C)cc1. The topological polar surface area (TPSA) is 16.1 Å². The first-order valence-corrected chi connectivity index (χ1v) is 10.6. The van der Waals surface area contributed by atoms with E-state index in [9.17, 15) is 0 Å². The lowest BCUT2D eigenvalue weighted by molar-refractivity contribution is 0.137. The van der Waals surface area contributed by atoms with Crippen molar-refractivity contribution in [2.45, 2.75) is 50.1 Å². The summed E-state index contributed by atoms with van der Waals surface area (Å²) in [5.41, 5.74) is 3.77. The second kappa shape index (κ2) is 6.33. The number of aryl methyl sites for hydroxylation is 1. The number of hydrogen-bond donors (Lipinski definition) is 0. The standard InChI is InChI=1S/C22H23ClN2S/c1-13-6-8-14(9-7-13)16-12-15-10-11-18(25(15)2)20(16)22-24-21-17(23)4-3-5-19(21)26-22/h3-9,15-16,18,20H,10-12H2,1-2H3/t15-,16?,18?,20+/m1/s1. The number of benzene rings is 2. The van der Waals surface area contributed by atoms with Crippen LogP contribution in [0.2, 0.25) is 5.02 Å². The van der Waals surface area contributed by atoms with E-state index in [2.05, 4.69) is 49.2 Å². The number of thiazole rings is 1. The molecule has 0 aliphatic carbocycles. The Morgan fingerprint density at radius 3 is 2.69 bits per heavy atom. The van der Waals surface area contributed by atoms with Crippen LogP contribution in [0.5, 0.6) is 0 Å². The Bertz CT molecular complexity index is 948. The highest BCUT2D eigenvalue weighted by Gasteiger charge is 2.47. The average Bonchev–Trinajstić information content (AvgIpc) is 3.15. The molecule has 2 nitrogen and oxygen atoms in total. The summed E-state index contributed by atoms with van der Waals surface area (Å²) in [6.07, 6.45) is 3.81. The van der Waals surface area contributed by atoms with E-state index in [4.69, 9.17) is 16.6 Å². The fraction of sp³-hybridized carbons (Fsp3) is 0.409. The monoisotopic (exact) mass is 382 g/mol. The van der Waals surface area contributed by atoms with Gasteiger partial charge in [0.25, 0.3) is 0 Å². The average molecular weight is 383 g/mol. The van der Waals surface area contributed by atoms with Crippen molar-refractivity contribution in [3.8, 4) is 0 Å². The van der Waals surface area contributed by atoms with Crippen LogP contribution in [0.1, 0.15) is 47.2 Å². The van der Waals surface area contributed by atoms with E-state index >= 15 is 0 Å². The Labute approximate surface area is 163 Å². The maximum Gasteiger partial charge on any atom is 0.100 e. The molecule has 2 aliphatic rings. The molecule has 0 saturated carbocycles. The van der Waals surface area contributed by atoms with Gasteiger partial charge in [0, 0.05) is 18.0 Å². The number of fused-ring (bicyclic) bond motifs is 3. The third kappa shape index (κ3) is 2.60. The molecular formula is C22H23ClN2S. The molecule has 3 heterocycles. The lowest BCUT2D eigenvalue weighted by atomic mass is 9.76. The van der Waals surface area contributed by atoms with Gasteiger partial charge in [-0.3, -0.25) is 4.90 Å². The minimum atomic E-state index is 0.454. The minimum Gasteiger partial charge on any atom is -0.300 e. The van der Waals surface area contributed by atoms with Crippen LogP contribution in [0.15, 0.2) is 42.5 Å². The molecule has 0 N–H and O–H groups in total. The van der Waals surface area contributed by atoms with Crippen LogP contribution in [-0.4, -0.2) is 29.0 Å². The van der Waals surface area contributed by atoms with Gasteiger partial charge in [-0.05, 0) is 56.8 Å². The molecule has 2 aromatic carbocycles. The van der Waals surface area contributed by atoms with Crippen LogP contribution in [0.4, 0.5) is 0 Å². The maximum atomic E-state index is 6.42. The number of nitrogens with zero attached hydrogens (tertiary/aromatic N) is 2. The fourth-order valence-corrected chi connectivity index (χ4v) is 6.53. The van der Waals surface area contributed by atoms with Gasteiger partial charge in [0.1, 0.15) is 5.52 Å². The predicted molar refractivity (Wildman–Crippen MR) is 110 cm³/mol. The Hall–Kier alpha value is -1.42. The normalized spacial score (nSPS) is 28.7. The number of aromatic nitrogens is 1. The van der Waals surface area contributed by atoms with E-state index in [-0.39, 0.29) is 0 Å². The molecule has 134 valence electrons. The highest BCUT2D eigenvalue weighted by atomic mass is 35.5. The lowest BCUT2D eigenvalue weighted by Gasteiger charge is -2.42. The van der Waals surface area contributed by atoms with Gasteiger partial charge in [-0.2, -0.15) is 0 Å². The number of para-hydroxylation sites is 1. The summed E-state index contributed by atoms with van der Waals surface area (Å²) in [5.74, 6) is 0.999. The Kier molecular flexibility index (Phi) is 4.07. The molecule has 5 rings (SSSR count). The van der Waals surface area contributed by atoms with E-state index < -0.39 is 0 Å². The van der Waals surface area contributed by atoms with Crippen LogP contribution in [0.25, 0.3) is 10.2 Å². The molecular weight excluding hydrogens is 360 g/mol. The quantitative estimate of drug-likeness (QED) is 0.541. The number of piperidine rings is 1. The van der Waals surface area contributed by atoms with Crippen molar-refractivity contribution in [3.63, 3.8) is 0 Å². The molecule has 0 amide bonds. The fourth-order valence-electron chi connectivity index (χ4n) is 5.03. The third-order valence-corrected chi connectivity index (χ3v) is 7.87. The van der Waals surface area contributed by atoms with Gasteiger partial charge in [-0.15, -0.1) is 11.3 Å². The van der Waals surface area contributed by atoms with Crippen LogP contribution >= 0.6 is 22.9 Å². The number of halogens is 1. The highest BCUT2D eigenvalue weighted by molar-refractivity contribution is 7.18. The van der Waals surface area contributed by atoms with Crippen molar-refractivity contribution in [3.05, 3.63) is 63.6 Å². The highest BCUT2D eigenvalue weighted by Crippen LogP contribution is 2.52. The second-order valence-electron chi connectivity index (χ2n) is 7.88. The van der Waals surface area contributed by atoms with Crippen LogP contribution in [-0.2, 0) is 0 Å². The summed E-state index contributed by atoms with van der Waals surface area (Å²) in [6, 6.07) is 16.6. The van der Waals surface area contributed by atoms with Crippen molar-refractivity contribution < 1.29 is 0 Å². The lowest BCUT2D eigenvalue weighted by Crippen LogP contribution is -2.44. The zero-order valence-corrected chi connectivity index (χ0v) is 16.7. The van der Waals surface area contributed by atoms with E-state index in [1.807, 2.05) is 23.5 Å². The van der Waals surface area contributed by atoms with Crippen molar-refractivity contribution in [1.29, 1.82) is 0 Å². The Balaban J connectivity index is 1.63. The first-order valence-electron chi connectivity index (χ1n) is 9.45. The maximum absolute atomic E-state index is 6.42. The van der Waals surface area contributed by atoms with Gasteiger partial charge in [0.2, 0.25) is 0 Å². The summed E-state index contributed by atoms with van der Waals surface area (Å²) in [5, 5.41) is 2.03. The molecule has 0 radical (unpaired) electrons. The Morgan fingerprint density at radius 2 is 1.92 bits per heavy atom. The smallest absolute Gasteiger partial charge is 0.100 e. The molecule has 0 spiro atoms. The number of hydrogen-bond acceptors (Lipinski definition) is 3. The van der Waals surface area contributed by atoms with Gasteiger partial charge in [0.05, 0.1) is 14.7 Å². The molecule has 3 aromatic rings. The summed E-state index contributed by atoms with van der Waals surface area (Å²) < 4.78 is 1.21. The van der Waals surface area contributed by atoms with Crippen molar-refractivity contribution in [2.75, 3.05) is 7.05 Å².